The minimum absolute atomic E-state index is 0.284. The van der Waals surface area contributed by atoms with E-state index < -0.39 is 5.66 Å². The first kappa shape index (κ1) is 22.4. The van der Waals surface area contributed by atoms with Gasteiger partial charge in [0.15, 0.2) is 0 Å². The molecule has 1 aromatic heterocycles. The molecule has 0 bridgehead atoms. The number of hydrogen-bond acceptors (Lipinski definition) is 3. The minimum Gasteiger partial charge on any atom is -0.455 e. The summed E-state index contributed by atoms with van der Waals surface area (Å²) in [4.78, 5) is 29.2. The van der Waals surface area contributed by atoms with Gasteiger partial charge in [-0.25, -0.2) is 11.0 Å². The molecule has 1 heterocycles. The molecule has 1 aliphatic carbocycles. The van der Waals surface area contributed by atoms with Crippen LogP contribution in [0.4, 0.5) is 4.39 Å². The van der Waals surface area contributed by atoms with Gasteiger partial charge in [0.05, 0.1) is 18.4 Å². The molecule has 6 nitrogen and oxygen atoms in total. The molecule has 3 aromatic carbocycles. The number of fused-ring (bicyclic) bond motifs is 1. The van der Waals surface area contributed by atoms with Gasteiger partial charge in [-0.15, -0.1) is 0 Å². The molecule has 0 radical (unpaired) electrons. The molecule has 0 spiro atoms. The topological polar surface area (TPSA) is 75.7 Å². The number of carbonyl (C=O) groups is 2. The molecule has 1 aliphatic rings. The third-order valence-corrected chi connectivity index (χ3v) is 6.34. The highest BCUT2D eigenvalue weighted by molar-refractivity contribution is 6.12. The zero-order valence-corrected chi connectivity index (χ0v) is 19.2. The van der Waals surface area contributed by atoms with E-state index in [-0.39, 0.29) is 17.6 Å². The van der Waals surface area contributed by atoms with Gasteiger partial charge in [-0.05, 0) is 72.1 Å². The summed E-state index contributed by atoms with van der Waals surface area (Å²) in [5, 5.41) is 6.10. The second-order valence-electron chi connectivity index (χ2n) is 8.73. The number of carbonyl (C=O) groups excluding carboxylic acids is 2. The van der Waals surface area contributed by atoms with Crippen molar-refractivity contribution < 1.29 is 18.4 Å². The maximum absolute atomic E-state index is 13.5. The Balaban J connectivity index is 1.60. The van der Waals surface area contributed by atoms with Crippen LogP contribution in [0.1, 0.15) is 39.1 Å². The number of amides is 2. The van der Waals surface area contributed by atoms with Crippen LogP contribution in [0.25, 0.3) is 38.3 Å². The number of benzene rings is 3. The van der Waals surface area contributed by atoms with Crippen molar-refractivity contribution >= 4 is 22.8 Å². The lowest BCUT2D eigenvalue weighted by molar-refractivity contribution is 0.0937. The number of halogens is 1. The van der Waals surface area contributed by atoms with Gasteiger partial charge in [0.25, 0.3) is 11.8 Å². The van der Waals surface area contributed by atoms with Crippen LogP contribution < -0.4 is 10.6 Å². The Morgan fingerprint density at radius 2 is 1.71 bits per heavy atom. The molecule has 1 fully saturated rings. The Kier molecular flexibility index (Phi) is 5.37. The summed E-state index contributed by atoms with van der Waals surface area (Å²) in [5.74, 6) is -0.625. The van der Waals surface area contributed by atoms with Crippen LogP contribution in [0.2, 0.25) is 0 Å². The summed E-state index contributed by atoms with van der Waals surface area (Å²) in [6, 6.07) is 16.7. The van der Waals surface area contributed by atoms with Crippen LogP contribution in [0.5, 0.6) is 0 Å². The third kappa shape index (κ3) is 4.04. The highest BCUT2D eigenvalue weighted by Crippen LogP contribution is 2.38. The molecular formula is C28H22FN3O3. The first-order chi connectivity index (χ1) is 16.8. The van der Waals surface area contributed by atoms with E-state index in [4.69, 9.17) is 11.0 Å². The average Bonchev–Trinajstić information content (AvgIpc) is 3.54. The lowest BCUT2D eigenvalue weighted by atomic mass is 9.95. The van der Waals surface area contributed by atoms with Crippen LogP contribution >= 0.6 is 0 Å². The van der Waals surface area contributed by atoms with Crippen molar-refractivity contribution in [2.45, 2.75) is 25.4 Å². The predicted molar refractivity (Wildman–Crippen MR) is 131 cm³/mol. The molecule has 174 valence electrons. The monoisotopic (exact) mass is 467 g/mol. The molecule has 35 heavy (non-hydrogen) atoms. The van der Waals surface area contributed by atoms with Gasteiger partial charge in [-0.2, -0.15) is 0 Å². The smallest absolute Gasteiger partial charge is 0.308 e. The van der Waals surface area contributed by atoms with E-state index in [1.54, 1.807) is 37.4 Å². The van der Waals surface area contributed by atoms with E-state index in [1.807, 2.05) is 25.1 Å². The SMILES string of the molecule is [C-]#[N+]C1(NC(=O)c2ccc(C)c(-c3ccc4oc(-c5ccc(F)cc5)c(C(=O)NC)c4c3)c2)CC1. The summed E-state index contributed by atoms with van der Waals surface area (Å²) in [7, 11) is 1.54. The minimum atomic E-state index is -0.767. The van der Waals surface area contributed by atoms with Crippen LogP contribution in [0.15, 0.2) is 65.1 Å². The lowest BCUT2D eigenvalue weighted by Crippen LogP contribution is -2.34. The van der Waals surface area contributed by atoms with Crippen molar-refractivity contribution in [3.8, 4) is 22.5 Å². The summed E-state index contributed by atoms with van der Waals surface area (Å²) in [5.41, 5.74) is 3.76. The maximum atomic E-state index is 13.5. The number of furan rings is 1. The summed E-state index contributed by atoms with van der Waals surface area (Å²) in [6.07, 6.45) is 1.33. The second kappa shape index (κ2) is 8.41. The van der Waals surface area contributed by atoms with E-state index in [2.05, 4.69) is 15.5 Å². The number of nitrogens with zero attached hydrogens (tertiary/aromatic N) is 1. The average molecular weight is 468 g/mol. The number of hydrogen-bond donors (Lipinski definition) is 2. The Morgan fingerprint density at radius 1 is 1.00 bits per heavy atom. The van der Waals surface area contributed by atoms with Gasteiger partial charge in [-0.3, -0.25) is 19.8 Å². The van der Waals surface area contributed by atoms with Crippen molar-refractivity contribution in [3.05, 3.63) is 94.6 Å². The fraction of sp³-hybridized carbons (Fsp3) is 0.179. The van der Waals surface area contributed by atoms with Gasteiger partial charge in [0, 0.05) is 23.6 Å². The molecule has 7 heteroatoms. The van der Waals surface area contributed by atoms with E-state index >= 15 is 0 Å². The molecule has 2 amide bonds. The van der Waals surface area contributed by atoms with Crippen LogP contribution in [0, 0.1) is 19.3 Å². The van der Waals surface area contributed by atoms with Crippen molar-refractivity contribution in [2.24, 2.45) is 0 Å². The van der Waals surface area contributed by atoms with Gasteiger partial charge in [0.1, 0.15) is 17.2 Å². The Morgan fingerprint density at radius 3 is 2.37 bits per heavy atom. The number of aryl methyl sites for hydroxylation is 1. The molecule has 0 aliphatic heterocycles. The van der Waals surface area contributed by atoms with Gasteiger partial charge < -0.3 is 9.73 Å². The summed E-state index contributed by atoms with van der Waals surface area (Å²) < 4.78 is 19.5. The molecule has 0 saturated heterocycles. The zero-order chi connectivity index (χ0) is 24.7. The van der Waals surface area contributed by atoms with Crippen molar-refractivity contribution in [2.75, 3.05) is 7.05 Å². The highest BCUT2D eigenvalue weighted by atomic mass is 19.1. The standard InChI is InChI=1S/C28H22FN3O3/c1-16-4-5-19(26(33)32-28(31-3)12-13-28)15-21(16)18-8-11-23-22(14-18)24(27(34)30-2)25(35-23)17-6-9-20(29)10-7-17/h4-11,14-15H,12-13H2,1-2H3,(H,30,34)(H,32,33). The lowest BCUT2D eigenvalue weighted by Gasteiger charge is -2.11. The summed E-state index contributed by atoms with van der Waals surface area (Å²) >= 11 is 0. The van der Waals surface area contributed by atoms with Crippen LogP contribution in [0.3, 0.4) is 0 Å². The van der Waals surface area contributed by atoms with E-state index in [1.165, 1.54) is 12.1 Å². The Hall–Kier alpha value is -4.44. The van der Waals surface area contributed by atoms with Crippen molar-refractivity contribution in [1.82, 2.24) is 10.6 Å². The zero-order valence-electron chi connectivity index (χ0n) is 19.2. The predicted octanol–water partition coefficient (Wildman–Crippen LogP) is 5.71. The second-order valence-corrected chi connectivity index (χ2v) is 8.73. The first-order valence-electron chi connectivity index (χ1n) is 11.2. The fourth-order valence-electron chi connectivity index (χ4n) is 4.16. The van der Waals surface area contributed by atoms with Gasteiger partial charge in [-0.1, -0.05) is 12.1 Å². The van der Waals surface area contributed by atoms with E-state index in [0.717, 1.165) is 16.7 Å². The van der Waals surface area contributed by atoms with Crippen LogP contribution in [-0.2, 0) is 0 Å². The quantitative estimate of drug-likeness (QED) is 0.369. The molecule has 5 rings (SSSR count). The third-order valence-electron chi connectivity index (χ3n) is 6.34. The molecular weight excluding hydrogens is 445 g/mol. The Labute approximate surface area is 201 Å². The molecule has 2 N–H and O–H groups in total. The molecule has 0 atom stereocenters. The first-order valence-corrected chi connectivity index (χ1v) is 11.2. The largest absolute Gasteiger partial charge is 0.455 e. The fourth-order valence-corrected chi connectivity index (χ4v) is 4.16. The maximum Gasteiger partial charge on any atom is 0.308 e. The molecule has 0 unspecified atom stereocenters. The number of rotatable bonds is 5. The molecule has 4 aromatic rings. The van der Waals surface area contributed by atoms with Gasteiger partial charge in [0.2, 0.25) is 0 Å². The number of nitrogens with one attached hydrogen (secondary N) is 2. The van der Waals surface area contributed by atoms with E-state index in [9.17, 15) is 14.0 Å². The van der Waals surface area contributed by atoms with E-state index in [0.29, 0.717) is 46.3 Å². The molecule has 1 saturated carbocycles. The van der Waals surface area contributed by atoms with Crippen molar-refractivity contribution in [3.63, 3.8) is 0 Å². The van der Waals surface area contributed by atoms with Crippen LogP contribution in [-0.4, -0.2) is 24.5 Å². The normalized spacial score (nSPS) is 13.8. The van der Waals surface area contributed by atoms with Crippen molar-refractivity contribution in [1.29, 1.82) is 0 Å². The Bertz CT molecular complexity index is 1530. The van der Waals surface area contributed by atoms with Gasteiger partial charge >= 0.3 is 5.66 Å². The highest BCUT2D eigenvalue weighted by Gasteiger charge is 2.52. The summed E-state index contributed by atoms with van der Waals surface area (Å²) in [6.45, 7) is 9.25.